The molecule has 7 nitrogen and oxygen atoms in total. The van der Waals surface area contributed by atoms with Gasteiger partial charge in [-0.3, -0.25) is 4.79 Å². The number of nitrogens with two attached hydrogens (primary N) is 1. The smallest absolute Gasteiger partial charge is 0.253 e. The van der Waals surface area contributed by atoms with Gasteiger partial charge in [-0.1, -0.05) is 0 Å². The van der Waals surface area contributed by atoms with Crippen molar-refractivity contribution in [1.82, 2.24) is 25.1 Å². The van der Waals surface area contributed by atoms with Gasteiger partial charge in [-0.15, -0.1) is 17.5 Å². The second-order valence-electron chi connectivity index (χ2n) is 4.94. The molecule has 2 heterocycles. The molecule has 112 valence electrons. The van der Waals surface area contributed by atoms with Gasteiger partial charge in [0, 0.05) is 18.7 Å². The Morgan fingerprint density at radius 3 is 2.67 bits per heavy atom. The molecule has 1 aliphatic heterocycles. The summed E-state index contributed by atoms with van der Waals surface area (Å²) in [5.41, 5.74) is 7.16. The Morgan fingerprint density at radius 2 is 2.10 bits per heavy atom. The van der Waals surface area contributed by atoms with Crippen molar-refractivity contribution >= 4 is 18.3 Å². The lowest BCUT2D eigenvalue weighted by atomic mass is 10.1. The van der Waals surface area contributed by atoms with Crippen LogP contribution >= 0.6 is 12.4 Å². The molecule has 0 spiro atoms. The van der Waals surface area contributed by atoms with Gasteiger partial charge in [-0.05, 0) is 53.6 Å². The number of aromatic nitrogens is 4. The first-order valence-corrected chi connectivity index (χ1v) is 6.60. The highest BCUT2D eigenvalue weighted by Gasteiger charge is 2.25. The maximum Gasteiger partial charge on any atom is 0.253 e. The van der Waals surface area contributed by atoms with Crippen LogP contribution in [0.1, 0.15) is 16.8 Å². The first-order valence-electron chi connectivity index (χ1n) is 6.60. The molecule has 3 rings (SSSR count). The van der Waals surface area contributed by atoms with Gasteiger partial charge in [0.15, 0.2) is 0 Å². The molecule has 21 heavy (non-hydrogen) atoms. The van der Waals surface area contributed by atoms with E-state index in [4.69, 9.17) is 5.73 Å². The van der Waals surface area contributed by atoms with Crippen LogP contribution < -0.4 is 5.73 Å². The monoisotopic (exact) mass is 308 g/mol. The average Bonchev–Trinajstić information content (AvgIpc) is 3.18. The van der Waals surface area contributed by atoms with Crippen molar-refractivity contribution in [2.45, 2.75) is 6.42 Å². The van der Waals surface area contributed by atoms with Crippen molar-refractivity contribution in [3.8, 4) is 5.69 Å². The number of halogens is 1. The maximum atomic E-state index is 12.3. The van der Waals surface area contributed by atoms with Crippen LogP contribution in [0.5, 0.6) is 0 Å². The van der Waals surface area contributed by atoms with E-state index >= 15 is 0 Å². The van der Waals surface area contributed by atoms with E-state index < -0.39 is 0 Å². The Morgan fingerprint density at radius 1 is 1.33 bits per heavy atom. The highest BCUT2D eigenvalue weighted by atomic mass is 35.5. The van der Waals surface area contributed by atoms with E-state index in [1.807, 2.05) is 17.0 Å². The highest BCUT2D eigenvalue weighted by Crippen LogP contribution is 2.18. The van der Waals surface area contributed by atoms with Crippen molar-refractivity contribution in [3.63, 3.8) is 0 Å². The van der Waals surface area contributed by atoms with Gasteiger partial charge < -0.3 is 10.6 Å². The minimum atomic E-state index is 0. The van der Waals surface area contributed by atoms with Gasteiger partial charge in [0.05, 0.1) is 5.69 Å². The molecule has 1 aromatic carbocycles. The Hall–Kier alpha value is -1.99. The zero-order chi connectivity index (χ0) is 13.9. The molecule has 1 saturated heterocycles. The highest BCUT2D eigenvalue weighted by molar-refractivity contribution is 5.94. The fourth-order valence-electron chi connectivity index (χ4n) is 2.43. The summed E-state index contributed by atoms with van der Waals surface area (Å²) in [6.45, 7) is 2.18. The van der Waals surface area contributed by atoms with Crippen molar-refractivity contribution in [2.24, 2.45) is 11.7 Å². The van der Waals surface area contributed by atoms with Crippen molar-refractivity contribution in [1.29, 1.82) is 0 Å². The molecule has 1 atom stereocenters. The van der Waals surface area contributed by atoms with Crippen molar-refractivity contribution in [3.05, 3.63) is 36.2 Å². The molecule has 8 heteroatoms. The number of nitrogens with zero attached hydrogens (tertiary/aromatic N) is 5. The van der Waals surface area contributed by atoms with Crippen LogP contribution in [0, 0.1) is 5.92 Å². The number of likely N-dealkylation sites (tertiary alicyclic amines) is 1. The number of tetrazole rings is 1. The molecule has 2 aromatic rings. The topological polar surface area (TPSA) is 89.9 Å². The van der Waals surface area contributed by atoms with Crippen LogP contribution in [0.2, 0.25) is 0 Å². The molecular formula is C13H17ClN6O. The Balaban J connectivity index is 0.00000161. The minimum absolute atomic E-state index is 0. The van der Waals surface area contributed by atoms with Crippen LogP contribution in [0.15, 0.2) is 30.6 Å². The number of hydrogen-bond acceptors (Lipinski definition) is 5. The first kappa shape index (κ1) is 15.4. The van der Waals surface area contributed by atoms with Gasteiger partial charge in [0.2, 0.25) is 0 Å². The zero-order valence-corrected chi connectivity index (χ0v) is 12.2. The first-order chi connectivity index (χ1) is 9.78. The van der Waals surface area contributed by atoms with Crippen LogP contribution in [0.3, 0.4) is 0 Å². The maximum absolute atomic E-state index is 12.3. The third-order valence-corrected chi connectivity index (χ3v) is 3.63. The van der Waals surface area contributed by atoms with E-state index in [-0.39, 0.29) is 18.3 Å². The molecule has 0 saturated carbocycles. The van der Waals surface area contributed by atoms with Crippen molar-refractivity contribution in [2.75, 3.05) is 19.6 Å². The van der Waals surface area contributed by atoms with Crippen LogP contribution in [-0.4, -0.2) is 50.6 Å². The second-order valence-corrected chi connectivity index (χ2v) is 4.94. The van der Waals surface area contributed by atoms with E-state index in [0.717, 1.165) is 25.2 Å². The minimum Gasteiger partial charge on any atom is -0.338 e. The normalized spacial score (nSPS) is 17.6. The van der Waals surface area contributed by atoms with Crippen LogP contribution in [0.4, 0.5) is 0 Å². The average molecular weight is 309 g/mol. The fourth-order valence-corrected chi connectivity index (χ4v) is 2.43. The summed E-state index contributed by atoms with van der Waals surface area (Å²) in [5.74, 6) is 0.490. The number of amides is 1. The summed E-state index contributed by atoms with van der Waals surface area (Å²) < 4.78 is 1.55. The largest absolute Gasteiger partial charge is 0.338 e. The van der Waals surface area contributed by atoms with E-state index in [0.29, 0.717) is 18.0 Å². The predicted molar refractivity (Wildman–Crippen MR) is 79.5 cm³/mol. The van der Waals surface area contributed by atoms with E-state index in [2.05, 4.69) is 15.5 Å². The van der Waals surface area contributed by atoms with Crippen molar-refractivity contribution < 1.29 is 4.79 Å². The second kappa shape index (κ2) is 6.64. The zero-order valence-electron chi connectivity index (χ0n) is 11.4. The van der Waals surface area contributed by atoms with Gasteiger partial charge in [0.25, 0.3) is 5.91 Å². The van der Waals surface area contributed by atoms with Gasteiger partial charge in [0.1, 0.15) is 6.33 Å². The van der Waals surface area contributed by atoms with Crippen LogP contribution in [0.25, 0.3) is 5.69 Å². The number of benzene rings is 1. The molecule has 1 fully saturated rings. The predicted octanol–water partition coefficient (Wildman–Crippen LogP) is 0.505. The Kier molecular flexibility index (Phi) is 4.87. The molecule has 0 aliphatic carbocycles. The van der Waals surface area contributed by atoms with E-state index in [9.17, 15) is 4.79 Å². The lowest BCUT2D eigenvalue weighted by Crippen LogP contribution is -2.29. The molecule has 1 aromatic heterocycles. The van der Waals surface area contributed by atoms with E-state index in [1.165, 1.54) is 6.33 Å². The molecule has 1 unspecified atom stereocenters. The molecular weight excluding hydrogens is 292 g/mol. The lowest BCUT2D eigenvalue weighted by molar-refractivity contribution is 0.0787. The lowest BCUT2D eigenvalue weighted by Gasteiger charge is -2.16. The molecule has 1 aliphatic rings. The number of hydrogen-bond donors (Lipinski definition) is 1. The van der Waals surface area contributed by atoms with Gasteiger partial charge in [-0.2, -0.15) is 0 Å². The number of carbonyl (C=O) groups excluding carboxylic acids is 1. The molecule has 2 N–H and O–H groups in total. The third-order valence-electron chi connectivity index (χ3n) is 3.63. The number of carbonyl (C=O) groups is 1. The van der Waals surface area contributed by atoms with Crippen LogP contribution in [-0.2, 0) is 0 Å². The number of rotatable bonds is 3. The van der Waals surface area contributed by atoms with Gasteiger partial charge >= 0.3 is 0 Å². The summed E-state index contributed by atoms with van der Waals surface area (Å²) in [6.07, 6.45) is 2.51. The Labute approximate surface area is 128 Å². The molecule has 0 bridgehead atoms. The SMILES string of the molecule is Cl.NCC1CCN(C(=O)c2ccc(-n3cnnn3)cc2)C1. The summed E-state index contributed by atoms with van der Waals surface area (Å²) in [5, 5.41) is 11.0. The molecule has 0 radical (unpaired) electrons. The quantitative estimate of drug-likeness (QED) is 0.892. The fraction of sp³-hybridized carbons (Fsp3) is 0.385. The van der Waals surface area contributed by atoms with Gasteiger partial charge in [-0.25, -0.2) is 4.68 Å². The third kappa shape index (κ3) is 3.20. The summed E-state index contributed by atoms with van der Waals surface area (Å²) in [7, 11) is 0. The van der Waals surface area contributed by atoms with E-state index in [1.54, 1.807) is 16.8 Å². The summed E-state index contributed by atoms with van der Waals surface area (Å²) in [6, 6.07) is 7.27. The standard InChI is InChI=1S/C13H16N6O.ClH/c14-7-10-5-6-18(8-10)13(20)11-1-3-12(4-2-11)19-9-15-16-17-19;/h1-4,9-10H,5-8,14H2;1H. The molecule has 1 amide bonds. The Bertz CT molecular complexity index is 585. The summed E-state index contributed by atoms with van der Waals surface area (Å²) >= 11 is 0. The summed E-state index contributed by atoms with van der Waals surface area (Å²) in [4.78, 5) is 14.2.